The number of nitrogens with two attached hydrogens (primary N) is 1. The maximum Gasteiger partial charge on any atom is 0.145 e. The summed E-state index contributed by atoms with van der Waals surface area (Å²) >= 11 is 0. The third-order valence-electron chi connectivity index (χ3n) is 3.08. The lowest BCUT2D eigenvalue weighted by Gasteiger charge is -2.08. The molecule has 0 radical (unpaired) electrons. The number of nitrogen functional groups attached to an aromatic ring is 1. The van der Waals surface area contributed by atoms with Crippen molar-refractivity contribution >= 4 is 17.3 Å². The molecule has 21 heavy (non-hydrogen) atoms. The number of aromatic nitrogens is 2. The molecular formula is C16H15N5. The van der Waals surface area contributed by atoms with Crippen LogP contribution in [0, 0.1) is 0 Å². The Morgan fingerprint density at radius 1 is 0.762 bits per heavy atom. The van der Waals surface area contributed by atoms with Gasteiger partial charge in [0, 0.05) is 11.8 Å². The Kier molecular flexibility index (Phi) is 3.75. The first-order valence-electron chi connectivity index (χ1n) is 6.56. The van der Waals surface area contributed by atoms with Gasteiger partial charge in [-0.25, -0.2) is 15.8 Å². The zero-order chi connectivity index (χ0) is 14.5. The van der Waals surface area contributed by atoms with Gasteiger partial charge in [-0.05, 0) is 23.3 Å². The number of anilines is 3. The molecule has 1 aromatic heterocycles. The van der Waals surface area contributed by atoms with Crippen LogP contribution < -0.4 is 16.6 Å². The van der Waals surface area contributed by atoms with Crippen molar-refractivity contribution in [3.8, 4) is 11.1 Å². The SMILES string of the molecule is NNc1cc(Nc2ccc(-c3ccccc3)cc2)ncn1. The minimum atomic E-state index is 0.563. The molecule has 5 nitrogen and oxygen atoms in total. The normalized spacial score (nSPS) is 10.1. The molecule has 1 heterocycles. The van der Waals surface area contributed by atoms with E-state index in [0.29, 0.717) is 11.6 Å². The zero-order valence-electron chi connectivity index (χ0n) is 11.3. The topological polar surface area (TPSA) is 75.9 Å². The Hall–Kier alpha value is -2.92. The smallest absolute Gasteiger partial charge is 0.145 e. The van der Waals surface area contributed by atoms with Gasteiger partial charge in [0.05, 0.1) is 0 Å². The van der Waals surface area contributed by atoms with Gasteiger partial charge in [-0.1, -0.05) is 42.5 Å². The van der Waals surface area contributed by atoms with Gasteiger partial charge in [-0.3, -0.25) is 0 Å². The third-order valence-corrected chi connectivity index (χ3v) is 3.08. The van der Waals surface area contributed by atoms with Gasteiger partial charge >= 0.3 is 0 Å². The van der Waals surface area contributed by atoms with Gasteiger partial charge in [-0.15, -0.1) is 0 Å². The molecule has 4 N–H and O–H groups in total. The Morgan fingerprint density at radius 2 is 1.43 bits per heavy atom. The van der Waals surface area contributed by atoms with Crippen molar-refractivity contribution in [3.63, 3.8) is 0 Å². The predicted molar refractivity (Wildman–Crippen MR) is 85.0 cm³/mol. The Bertz CT molecular complexity index is 710. The molecule has 0 aliphatic heterocycles. The fourth-order valence-electron chi connectivity index (χ4n) is 2.03. The lowest BCUT2D eigenvalue weighted by atomic mass is 10.1. The Labute approximate surface area is 122 Å². The first-order valence-corrected chi connectivity index (χ1v) is 6.56. The van der Waals surface area contributed by atoms with Crippen LogP contribution in [0.15, 0.2) is 67.0 Å². The molecule has 0 saturated heterocycles. The summed E-state index contributed by atoms with van der Waals surface area (Å²) in [5.74, 6) is 6.58. The first kappa shape index (κ1) is 13.1. The quantitative estimate of drug-likeness (QED) is 0.504. The number of benzene rings is 2. The summed E-state index contributed by atoms with van der Waals surface area (Å²) in [5.41, 5.74) is 5.82. The van der Waals surface area contributed by atoms with E-state index in [2.05, 4.69) is 45.0 Å². The van der Waals surface area contributed by atoms with Crippen LogP contribution in [0.1, 0.15) is 0 Å². The van der Waals surface area contributed by atoms with Gasteiger partial charge in [0.25, 0.3) is 0 Å². The van der Waals surface area contributed by atoms with Gasteiger partial charge in [0.1, 0.15) is 18.0 Å². The molecule has 0 atom stereocenters. The van der Waals surface area contributed by atoms with Gasteiger partial charge < -0.3 is 10.7 Å². The lowest BCUT2D eigenvalue weighted by molar-refractivity contribution is 1.14. The van der Waals surface area contributed by atoms with E-state index in [1.807, 2.05) is 30.3 Å². The van der Waals surface area contributed by atoms with Crippen molar-refractivity contribution in [2.24, 2.45) is 5.84 Å². The average molecular weight is 277 g/mol. The van der Waals surface area contributed by atoms with E-state index < -0.39 is 0 Å². The van der Waals surface area contributed by atoms with Crippen LogP contribution in [0.5, 0.6) is 0 Å². The average Bonchev–Trinajstić information content (AvgIpc) is 2.56. The molecule has 2 aromatic carbocycles. The van der Waals surface area contributed by atoms with Gasteiger partial charge in [-0.2, -0.15) is 0 Å². The highest BCUT2D eigenvalue weighted by Crippen LogP contribution is 2.22. The van der Waals surface area contributed by atoms with Crippen molar-refractivity contribution in [2.75, 3.05) is 10.7 Å². The summed E-state index contributed by atoms with van der Waals surface area (Å²) in [7, 11) is 0. The maximum atomic E-state index is 5.33. The molecule has 5 heteroatoms. The van der Waals surface area contributed by atoms with Crippen LogP contribution in [0.2, 0.25) is 0 Å². The van der Waals surface area contributed by atoms with E-state index in [-0.39, 0.29) is 0 Å². The summed E-state index contributed by atoms with van der Waals surface area (Å²) in [6, 6.07) is 20.2. The minimum absolute atomic E-state index is 0.563. The van der Waals surface area contributed by atoms with Crippen molar-refractivity contribution in [2.45, 2.75) is 0 Å². The van der Waals surface area contributed by atoms with Crippen LogP contribution in [0.3, 0.4) is 0 Å². The molecular weight excluding hydrogens is 262 g/mol. The number of nitrogens with one attached hydrogen (secondary N) is 2. The molecule has 0 spiro atoms. The van der Waals surface area contributed by atoms with Gasteiger partial charge in [0.15, 0.2) is 0 Å². The third kappa shape index (κ3) is 3.16. The number of nitrogens with zero attached hydrogens (tertiary/aromatic N) is 2. The molecule has 104 valence electrons. The minimum Gasteiger partial charge on any atom is -0.340 e. The second-order valence-corrected chi connectivity index (χ2v) is 4.50. The molecule has 0 saturated carbocycles. The van der Waals surface area contributed by atoms with Crippen molar-refractivity contribution < 1.29 is 0 Å². The number of hydrazine groups is 1. The van der Waals surface area contributed by atoms with Crippen LogP contribution in [-0.4, -0.2) is 9.97 Å². The maximum absolute atomic E-state index is 5.33. The summed E-state index contributed by atoms with van der Waals surface area (Å²) in [6.07, 6.45) is 1.45. The zero-order valence-corrected chi connectivity index (χ0v) is 11.3. The van der Waals surface area contributed by atoms with E-state index in [1.165, 1.54) is 17.5 Å². The largest absolute Gasteiger partial charge is 0.340 e. The monoisotopic (exact) mass is 277 g/mol. The van der Waals surface area contributed by atoms with Gasteiger partial charge in [0.2, 0.25) is 0 Å². The Balaban J connectivity index is 1.78. The summed E-state index contributed by atoms with van der Waals surface area (Å²) in [4.78, 5) is 8.11. The molecule has 3 rings (SSSR count). The van der Waals surface area contributed by atoms with E-state index in [4.69, 9.17) is 5.84 Å². The first-order chi connectivity index (χ1) is 10.3. The molecule has 0 bridgehead atoms. The van der Waals surface area contributed by atoms with Crippen LogP contribution in [0.25, 0.3) is 11.1 Å². The van der Waals surface area contributed by atoms with Crippen molar-refractivity contribution in [3.05, 3.63) is 67.0 Å². The fraction of sp³-hybridized carbons (Fsp3) is 0. The van der Waals surface area contributed by atoms with Crippen LogP contribution in [-0.2, 0) is 0 Å². The van der Waals surface area contributed by atoms with Crippen molar-refractivity contribution in [1.29, 1.82) is 0 Å². The standard InChI is InChI=1S/C16H15N5/c17-21-16-10-15(18-11-19-16)20-14-8-6-13(7-9-14)12-4-2-1-3-5-12/h1-11H,17H2,(H2,18,19,20,21). The fourth-order valence-corrected chi connectivity index (χ4v) is 2.03. The molecule has 0 amide bonds. The molecule has 0 unspecified atom stereocenters. The van der Waals surface area contributed by atoms with E-state index >= 15 is 0 Å². The molecule has 0 aliphatic rings. The van der Waals surface area contributed by atoms with Crippen LogP contribution >= 0.6 is 0 Å². The second-order valence-electron chi connectivity index (χ2n) is 4.50. The van der Waals surface area contributed by atoms with Crippen LogP contribution in [0.4, 0.5) is 17.3 Å². The van der Waals surface area contributed by atoms with E-state index in [9.17, 15) is 0 Å². The highest BCUT2D eigenvalue weighted by atomic mass is 15.3. The highest BCUT2D eigenvalue weighted by Gasteiger charge is 2.00. The number of hydrogen-bond donors (Lipinski definition) is 3. The van der Waals surface area contributed by atoms with E-state index in [1.54, 1.807) is 6.07 Å². The summed E-state index contributed by atoms with van der Waals surface area (Å²) < 4.78 is 0. The second kappa shape index (κ2) is 6.02. The summed E-state index contributed by atoms with van der Waals surface area (Å²) in [6.45, 7) is 0. The van der Waals surface area contributed by atoms with Crippen molar-refractivity contribution in [1.82, 2.24) is 9.97 Å². The summed E-state index contributed by atoms with van der Waals surface area (Å²) in [5, 5.41) is 3.21. The molecule has 0 fully saturated rings. The highest BCUT2D eigenvalue weighted by molar-refractivity contribution is 5.67. The lowest BCUT2D eigenvalue weighted by Crippen LogP contribution is -2.09. The number of hydrogen-bond acceptors (Lipinski definition) is 5. The number of rotatable bonds is 4. The Morgan fingerprint density at radius 3 is 2.14 bits per heavy atom. The predicted octanol–water partition coefficient (Wildman–Crippen LogP) is 3.17. The van der Waals surface area contributed by atoms with E-state index in [0.717, 1.165) is 5.69 Å². The molecule has 0 aliphatic carbocycles. The molecule has 3 aromatic rings.